The molecular formula is C18H32O9Si. The fraction of sp³-hybridized carbons (Fsp3) is 0.833. The quantitative estimate of drug-likeness (QED) is 0.182. The molecule has 1 aliphatic heterocycles. The van der Waals surface area contributed by atoms with E-state index in [1.807, 2.05) is 0 Å². The van der Waals surface area contributed by atoms with Crippen LogP contribution in [0.5, 0.6) is 0 Å². The van der Waals surface area contributed by atoms with Gasteiger partial charge in [0.15, 0.2) is 6.10 Å². The van der Waals surface area contributed by atoms with Crippen LogP contribution in [0.15, 0.2) is 0 Å². The van der Waals surface area contributed by atoms with Gasteiger partial charge in [0.1, 0.15) is 12.9 Å². The van der Waals surface area contributed by atoms with Crippen LogP contribution >= 0.6 is 0 Å². The Bertz CT molecular complexity index is 546. The smallest absolute Gasteiger partial charge is 0.305 e. The molecule has 0 N–H and O–H groups in total. The lowest BCUT2D eigenvalue weighted by Gasteiger charge is -2.43. The third kappa shape index (κ3) is 8.68. The maximum Gasteiger partial charge on any atom is 0.305 e. The van der Waals surface area contributed by atoms with Gasteiger partial charge in [-0.05, 0) is 13.0 Å². The van der Waals surface area contributed by atoms with Crippen molar-refractivity contribution in [3.8, 4) is 0 Å². The van der Waals surface area contributed by atoms with E-state index in [0.717, 1.165) is 6.04 Å². The first-order valence-corrected chi connectivity index (χ1v) is 13.0. The molecule has 0 aromatic carbocycles. The van der Waals surface area contributed by atoms with Crippen LogP contribution in [0, 0.1) is 0 Å². The zero-order chi connectivity index (χ0) is 21.5. The van der Waals surface area contributed by atoms with Crippen molar-refractivity contribution in [2.75, 3.05) is 13.4 Å². The summed E-state index contributed by atoms with van der Waals surface area (Å²) in [7, 11) is -1.23. The second-order valence-electron chi connectivity index (χ2n) is 7.94. The fourth-order valence-corrected chi connectivity index (χ4v) is 3.42. The van der Waals surface area contributed by atoms with Crippen LogP contribution in [0.25, 0.3) is 0 Å². The predicted octanol–water partition coefficient (Wildman–Crippen LogP) is 1.86. The Hall–Kier alpha value is -1.49. The normalized spacial score (nSPS) is 27.8. The zero-order valence-electron chi connectivity index (χ0n) is 17.7. The number of carbonyl (C=O) groups is 3. The zero-order valence-corrected chi connectivity index (χ0v) is 18.7. The summed E-state index contributed by atoms with van der Waals surface area (Å²) in [6.07, 6.45) is -4.77. The largest absolute Gasteiger partial charge is 0.455 e. The molecule has 0 aromatic heterocycles. The minimum Gasteiger partial charge on any atom is -0.455 e. The molecule has 5 atom stereocenters. The number of hydrogen-bond acceptors (Lipinski definition) is 9. The molecule has 28 heavy (non-hydrogen) atoms. The second kappa shape index (κ2) is 10.9. The molecule has 9 nitrogen and oxygen atoms in total. The Morgan fingerprint density at radius 2 is 1.39 bits per heavy atom. The molecule has 0 radical (unpaired) electrons. The van der Waals surface area contributed by atoms with E-state index in [1.165, 1.54) is 20.8 Å². The van der Waals surface area contributed by atoms with Gasteiger partial charge in [-0.3, -0.25) is 14.4 Å². The van der Waals surface area contributed by atoms with Crippen molar-refractivity contribution >= 4 is 26.0 Å². The highest BCUT2D eigenvalue weighted by Gasteiger charge is 2.50. The fourth-order valence-electron chi connectivity index (χ4n) is 2.67. The van der Waals surface area contributed by atoms with Crippen molar-refractivity contribution in [3.05, 3.63) is 0 Å². The Balaban J connectivity index is 2.88. The summed E-state index contributed by atoms with van der Waals surface area (Å²) in [5.41, 5.74) is 0. The number of ether oxygens (including phenoxy) is 6. The van der Waals surface area contributed by atoms with Gasteiger partial charge in [-0.25, -0.2) is 0 Å². The molecule has 0 spiro atoms. The molecule has 1 aliphatic rings. The molecule has 0 unspecified atom stereocenters. The summed E-state index contributed by atoms with van der Waals surface area (Å²) in [5.74, 6) is -1.85. The topological polar surface area (TPSA) is 107 Å². The van der Waals surface area contributed by atoms with Crippen LogP contribution in [-0.4, -0.2) is 70.1 Å². The van der Waals surface area contributed by atoms with Gasteiger partial charge in [0.2, 0.25) is 12.4 Å². The highest BCUT2D eigenvalue weighted by molar-refractivity contribution is 6.76. The van der Waals surface area contributed by atoms with Gasteiger partial charge in [0, 0.05) is 35.5 Å². The monoisotopic (exact) mass is 420 g/mol. The molecule has 10 heteroatoms. The van der Waals surface area contributed by atoms with E-state index in [9.17, 15) is 14.4 Å². The Morgan fingerprint density at radius 1 is 0.857 bits per heavy atom. The van der Waals surface area contributed by atoms with Crippen molar-refractivity contribution < 1.29 is 42.8 Å². The first-order valence-electron chi connectivity index (χ1n) is 9.27. The molecule has 162 valence electrons. The van der Waals surface area contributed by atoms with Gasteiger partial charge in [-0.1, -0.05) is 19.6 Å². The molecule has 0 amide bonds. The Morgan fingerprint density at radius 3 is 1.89 bits per heavy atom. The SMILES string of the molecule is CC(=O)O[C@@H]1O[C@H](C)[C@H](OCOCC[Si](C)(C)C)[C@@H](OC(C)=O)[C@H]1OC(C)=O. The summed E-state index contributed by atoms with van der Waals surface area (Å²) in [6.45, 7) is 12.6. The van der Waals surface area contributed by atoms with Gasteiger partial charge in [0.05, 0.1) is 6.10 Å². The van der Waals surface area contributed by atoms with E-state index in [0.29, 0.717) is 6.61 Å². The van der Waals surface area contributed by atoms with Gasteiger partial charge in [-0.15, -0.1) is 0 Å². The van der Waals surface area contributed by atoms with Gasteiger partial charge >= 0.3 is 17.9 Å². The predicted molar refractivity (Wildman–Crippen MR) is 101 cm³/mol. The molecule has 0 aliphatic carbocycles. The minimum absolute atomic E-state index is 0.0361. The van der Waals surface area contributed by atoms with E-state index in [2.05, 4.69) is 19.6 Å². The van der Waals surface area contributed by atoms with E-state index in [1.54, 1.807) is 6.92 Å². The van der Waals surface area contributed by atoms with E-state index >= 15 is 0 Å². The van der Waals surface area contributed by atoms with Crippen LogP contribution in [0.1, 0.15) is 27.7 Å². The van der Waals surface area contributed by atoms with E-state index in [-0.39, 0.29) is 6.79 Å². The highest BCUT2D eigenvalue weighted by Crippen LogP contribution is 2.29. The second-order valence-corrected chi connectivity index (χ2v) is 13.6. The van der Waals surface area contributed by atoms with Gasteiger partial charge in [-0.2, -0.15) is 0 Å². The van der Waals surface area contributed by atoms with Crippen molar-refractivity contribution in [2.24, 2.45) is 0 Å². The van der Waals surface area contributed by atoms with Crippen molar-refractivity contribution in [1.82, 2.24) is 0 Å². The summed E-state index contributed by atoms with van der Waals surface area (Å²) in [4.78, 5) is 34.5. The number of carbonyl (C=O) groups excluding carboxylic acids is 3. The van der Waals surface area contributed by atoms with Crippen LogP contribution < -0.4 is 0 Å². The number of hydrogen-bond donors (Lipinski definition) is 0. The number of rotatable bonds is 9. The van der Waals surface area contributed by atoms with E-state index in [4.69, 9.17) is 28.4 Å². The van der Waals surface area contributed by atoms with Crippen molar-refractivity contribution in [2.45, 2.75) is 84.1 Å². The molecular weight excluding hydrogens is 388 g/mol. The lowest BCUT2D eigenvalue weighted by Crippen LogP contribution is -2.61. The maximum absolute atomic E-state index is 11.6. The first-order chi connectivity index (χ1) is 12.9. The molecule has 1 saturated heterocycles. The Labute approximate surface area is 166 Å². The van der Waals surface area contributed by atoms with Crippen molar-refractivity contribution in [1.29, 1.82) is 0 Å². The molecule has 0 aromatic rings. The molecule has 1 rings (SSSR count). The highest BCUT2D eigenvalue weighted by atomic mass is 28.3. The standard InChI is InChI=1S/C18H32O9Si/c1-11-15(23-10-22-8-9-28(5,6)7)16(25-12(2)19)17(26-13(3)20)18(24-11)27-14(4)21/h11,15-18H,8-10H2,1-7H3/t11-,15+,16-,17-,18+/m1/s1. The molecule has 0 bridgehead atoms. The molecule has 1 heterocycles. The van der Waals surface area contributed by atoms with Crippen LogP contribution in [0.4, 0.5) is 0 Å². The lowest BCUT2D eigenvalue weighted by molar-refractivity contribution is -0.304. The molecule has 0 saturated carbocycles. The Kier molecular flexibility index (Phi) is 9.55. The average Bonchev–Trinajstić information content (AvgIpc) is 2.50. The van der Waals surface area contributed by atoms with Gasteiger partial charge < -0.3 is 28.4 Å². The van der Waals surface area contributed by atoms with E-state index < -0.39 is 56.7 Å². The van der Waals surface area contributed by atoms with Gasteiger partial charge in [0.25, 0.3) is 0 Å². The summed E-state index contributed by atoms with van der Waals surface area (Å²) in [5, 5.41) is 0. The van der Waals surface area contributed by atoms with Crippen LogP contribution in [0.2, 0.25) is 25.7 Å². The lowest BCUT2D eigenvalue weighted by atomic mass is 9.99. The third-order valence-electron chi connectivity index (χ3n) is 3.95. The van der Waals surface area contributed by atoms with Crippen LogP contribution in [0.3, 0.4) is 0 Å². The number of esters is 3. The maximum atomic E-state index is 11.6. The summed E-state index contributed by atoms with van der Waals surface area (Å²) < 4.78 is 32.6. The molecule has 1 fully saturated rings. The summed E-state index contributed by atoms with van der Waals surface area (Å²) in [6, 6.07) is 0.977. The minimum atomic E-state index is -1.23. The van der Waals surface area contributed by atoms with Crippen molar-refractivity contribution in [3.63, 3.8) is 0 Å². The first kappa shape index (κ1) is 24.5. The van der Waals surface area contributed by atoms with Crippen LogP contribution in [-0.2, 0) is 42.8 Å². The third-order valence-corrected chi connectivity index (χ3v) is 5.66. The summed E-state index contributed by atoms with van der Waals surface area (Å²) >= 11 is 0. The average molecular weight is 421 g/mol.